The summed E-state index contributed by atoms with van der Waals surface area (Å²) in [7, 11) is 0. The van der Waals surface area contributed by atoms with Gasteiger partial charge < -0.3 is 4.74 Å². The van der Waals surface area contributed by atoms with Crippen LogP contribution >= 0.6 is 0 Å². The molecule has 2 aromatic carbocycles. The molecule has 2 nitrogen and oxygen atoms in total. The first-order chi connectivity index (χ1) is 10.5. The number of halogens is 2. The topological polar surface area (TPSA) is 26.3 Å². The molecular formula is C18H14F2O2. The van der Waals surface area contributed by atoms with Gasteiger partial charge in [0.1, 0.15) is 17.7 Å². The van der Waals surface area contributed by atoms with Crippen LogP contribution in [0.15, 0.2) is 42.5 Å². The summed E-state index contributed by atoms with van der Waals surface area (Å²) in [6.07, 6.45) is -0.551. The number of hydrogen-bond donors (Lipinski definition) is 0. The first-order valence-electron chi connectivity index (χ1n) is 6.95. The van der Waals surface area contributed by atoms with Gasteiger partial charge in [-0.05, 0) is 37.1 Å². The molecule has 0 aliphatic carbocycles. The highest BCUT2D eigenvalue weighted by Crippen LogP contribution is 2.39. The van der Waals surface area contributed by atoms with E-state index in [4.69, 9.17) is 4.74 Å². The van der Waals surface area contributed by atoms with E-state index in [-0.39, 0.29) is 11.1 Å². The van der Waals surface area contributed by atoms with Gasteiger partial charge in [-0.15, -0.1) is 0 Å². The fourth-order valence-electron chi connectivity index (χ4n) is 2.76. The van der Waals surface area contributed by atoms with Gasteiger partial charge in [0.2, 0.25) is 0 Å². The van der Waals surface area contributed by atoms with Crippen molar-refractivity contribution >= 4 is 17.1 Å². The minimum Gasteiger partial charge on any atom is -0.454 e. The average Bonchev–Trinajstić information content (AvgIpc) is 2.74. The fourth-order valence-corrected chi connectivity index (χ4v) is 2.76. The summed E-state index contributed by atoms with van der Waals surface area (Å²) < 4.78 is 33.7. The van der Waals surface area contributed by atoms with Crippen LogP contribution in [0.4, 0.5) is 8.78 Å². The molecule has 1 aliphatic heterocycles. The third kappa shape index (κ3) is 2.30. The number of esters is 1. The summed E-state index contributed by atoms with van der Waals surface area (Å²) in [6, 6.07) is 11.4. The van der Waals surface area contributed by atoms with Crippen molar-refractivity contribution < 1.29 is 18.3 Å². The lowest BCUT2D eigenvalue weighted by Crippen LogP contribution is -2.06. The second kappa shape index (κ2) is 5.37. The molecule has 1 unspecified atom stereocenters. The number of carbonyl (C=O) groups excluding carboxylic acids is 1. The van der Waals surface area contributed by atoms with E-state index < -0.39 is 23.7 Å². The number of hydrogen-bond acceptors (Lipinski definition) is 2. The quantitative estimate of drug-likeness (QED) is 0.780. The van der Waals surface area contributed by atoms with Gasteiger partial charge in [-0.2, -0.15) is 0 Å². The van der Waals surface area contributed by atoms with Crippen LogP contribution in [0.5, 0.6) is 0 Å². The molecule has 4 heteroatoms. The Labute approximate surface area is 127 Å². The van der Waals surface area contributed by atoms with Crippen LogP contribution in [0, 0.1) is 18.6 Å². The molecule has 0 bridgehead atoms. The Morgan fingerprint density at radius 2 is 1.64 bits per heavy atom. The molecule has 1 aliphatic rings. The summed E-state index contributed by atoms with van der Waals surface area (Å²) >= 11 is 0. The van der Waals surface area contributed by atoms with E-state index in [0.717, 1.165) is 5.56 Å². The molecule has 0 spiro atoms. The van der Waals surface area contributed by atoms with Crippen LogP contribution in [0.25, 0.3) is 11.1 Å². The molecule has 1 atom stereocenters. The summed E-state index contributed by atoms with van der Waals surface area (Å²) in [5.41, 5.74) is 1.33. The maximum absolute atomic E-state index is 14.3. The largest absolute Gasteiger partial charge is 0.454 e. The zero-order valence-corrected chi connectivity index (χ0v) is 12.2. The minimum absolute atomic E-state index is 0.0336. The highest BCUT2D eigenvalue weighted by molar-refractivity contribution is 6.28. The van der Waals surface area contributed by atoms with Crippen LogP contribution in [0.2, 0.25) is 0 Å². The Morgan fingerprint density at radius 3 is 2.23 bits per heavy atom. The lowest BCUT2D eigenvalue weighted by atomic mass is 9.92. The summed E-state index contributed by atoms with van der Waals surface area (Å²) in [4.78, 5) is 12.1. The van der Waals surface area contributed by atoms with Crippen molar-refractivity contribution in [3.63, 3.8) is 0 Å². The molecule has 0 radical (unpaired) electrons. The Morgan fingerprint density at radius 1 is 1.05 bits per heavy atom. The van der Waals surface area contributed by atoms with Crippen molar-refractivity contribution in [2.24, 2.45) is 0 Å². The number of benzene rings is 2. The van der Waals surface area contributed by atoms with E-state index in [1.165, 1.54) is 12.1 Å². The Bertz CT molecular complexity index is 756. The molecule has 0 saturated heterocycles. The molecule has 0 N–H and O–H groups in total. The molecule has 22 heavy (non-hydrogen) atoms. The molecule has 0 saturated carbocycles. The van der Waals surface area contributed by atoms with Gasteiger partial charge in [0, 0.05) is 5.57 Å². The van der Waals surface area contributed by atoms with Crippen molar-refractivity contribution in [1.29, 1.82) is 0 Å². The first-order valence-corrected chi connectivity index (χ1v) is 6.95. The normalized spacial score (nSPS) is 17.8. The lowest BCUT2D eigenvalue weighted by Gasteiger charge is -2.10. The molecule has 112 valence electrons. The van der Waals surface area contributed by atoms with Gasteiger partial charge >= 0.3 is 5.97 Å². The molecule has 3 rings (SSSR count). The lowest BCUT2D eigenvalue weighted by molar-refractivity contribution is -0.136. The number of rotatable bonds is 2. The molecule has 0 aromatic heterocycles. The second-order valence-electron chi connectivity index (χ2n) is 5.31. The van der Waals surface area contributed by atoms with Gasteiger partial charge in [-0.1, -0.05) is 30.3 Å². The minimum atomic E-state index is -0.757. The third-order valence-electron chi connectivity index (χ3n) is 3.69. The van der Waals surface area contributed by atoms with Gasteiger partial charge in [-0.3, -0.25) is 0 Å². The Balaban J connectivity index is 2.30. The Kier molecular flexibility index (Phi) is 3.53. The van der Waals surface area contributed by atoms with Crippen LogP contribution in [0.3, 0.4) is 0 Å². The Hall–Kier alpha value is -2.49. The van der Waals surface area contributed by atoms with E-state index in [1.807, 2.05) is 6.07 Å². The molecule has 1 heterocycles. The number of cyclic esters (lactones) is 1. The zero-order chi connectivity index (χ0) is 15.9. The predicted octanol–water partition coefficient (Wildman–Crippen LogP) is 4.13. The van der Waals surface area contributed by atoms with Crippen molar-refractivity contribution in [2.45, 2.75) is 20.0 Å². The average molecular weight is 300 g/mol. The smallest absolute Gasteiger partial charge is 0.340 e. The van der Waals surface area contributed by atoms with E-state index >= 15 is 0 Å². The van der Waals surface area contributed by atoms with E-state index in [2.05, 4.69) is 0 Å². The van der Waals surface area contributed by atoms with Gasteiger partial charge in [-0.25, -0.2) is 13.6 Å². The third-order valence-corrected chi connectivity index (χ3v) is 3.69. The number of ether oxygens (including phenoxy) is 1. The summed E-state index contributed by atoms with van der Waals surface area (Å²) in [5, 5.41) is 0. The maximum atomic E-state index is 14.3. The number of aryl methyl sites for hydroxylation is 1. The highest BCUT2D eigenvalue weighted by Gasteiger charge is 2.35. The fraction of sp³-hybridized carbons (Fsp3) is 0.167. The predicted molar refractivity (Wildman–Crippen MR) is 79.9 cm³/mol. The van der Waals surface area contributed by atoms with E-state index in [1.54, 1.807) is 38.1 Å². The SMILES string of the molecule is Cc1cc(F)c(C2=C(c3ccccc3)C(C)OC2=O)c(F)c1. The van der Waals surface area contributed by atoms with Crippen molar-refractivity contribution in [3.05, 3.63) is 70.8 Å². The van der Waals surface area contributed by atoms with Gasteiger partial charge in [0.05, 0.1) is 11.1 Å². The summed E-state index contributed by atoms with van der Waals surface area (Å²) in [6.45, 7) is 3.29. The van der Waals surface area contributed by atoms with E-state index in [9.17, 15) is 13.6 Å². The van der Waals surface area contributed by atoms with Crippen LogP contribution < -0.4 is 0 Å². The van der Waals surface area contributed by atoms with Crippen LogP contribution in [-0.4, -0.2) is 12.1 Å². The van der Waals surface area contributed by atoms with Gasteiger partial charge in [0.15, 0.2) is 0 Å². The van der Waals surface area contributed by atoms with Crippen molar-refractivity contribution in [3.8, 4) is 0 Å². The highest BCUT2D eigenvalue weighted by atomic mass is 19.1. The first kappa shape index (κ1) is 14.4. The molecule has 0 fully saturated rings. The molecule has 2 aromatic rings. The van der Waals surface area contributed by atoms with E-state index in [0.29, 0.717) is 11.1 Å². The van der Waals surface area contributed by atoms with Crippen LogP contribution in [0.1, 0.15) is 23.6 Å². The van der Waals surface area contributed by atoms with Gasteiger partial charge in [0.25, 0.3) is 0 Å². The van der Waals surface area contributed by atoms with Crippen LogP contribution in [-0.2, 0) is 9.53 Å². The standard InChI is InChI=1S/C18H14F2O2/c1-10-8-13(19)16(14(20)9-10)17-15(11(2)22-18(17)21)12-6-4-3-5-7-12/h3-9,11H,1-2H3. The van der Waals surface area contributed by atoms with Crippen molar-refractivity contribution in [1.82, 2.24) is 0 Å². The summed E-state index contributed by atoms with van der Waals surface area (Å²) in [5.74, 6) is -2.22. The molecular weight excluding hydrogens is 286 g/mol. The molecule has 0 amide bonds. The number of carbonyl (C=O) groups is 1. The second-order valence-corrected chi connectivity index (χ2v) is 5.31. The van der Waals surface area contributed by atoms with Crippen molar-refractivity contribution in [2.75, 3.05) is 0 Å². The zero-order valence-electron chi connectivity index (χ0n) is 12.2. The maximum Gasteiger partial charge on any atom is 0.340 e. The monoisotopic (exact) mass is 300 g/mol.